The highest BCUT2D eigenvalue weighted by atomic mass is 16.6. The van der Waals surface area contributed by atoms with Gasteiger partial charge in [-0.15, -0.1) is 0 Å². The van der Waals surface area contributed by atoms with Gasteiger partial charge in [-0.2, -0.15) is 0 Å². The molecular formula is C18H8N2O9. The minimum absolute atomic E-state index is 0.116. The van der Waals surface area contributed by atoms with E-state index in [4.69, 9.17) is 8.83 Å². The largest absolute Gasteiger partial charge is 0.478 e. The van der Waals surface area contributed by atoms with E-state index in [1.165, 1.54) is 24.7 Å². The molecule has 4 aromatic heterocycles. The van der Waals surface area contributed by atoms with Crippen molar-refractivity contribution in [2.24, 2.45) is 0 Å². The van der Waals surface area contributed by atoms with E-state index >= 15 is 0 Å². The number of carboxylic acids is 2. The number of rotatable bonds is 4. The summed E-state index contributed by atoms with van der Waals surface area (Å²) in [5.74, 6) is -5.78. The highest BCUT2D eigenvalue weighted by Gasteiger charge is 2.28. The van der Waals surface area contributed by atoms with Crippen molar-refractivity contribution in [3.8, 4) is 0 Å². The Kier molecular flexibility index (Phi) is 4.04. The molecule has 0 atom stereocenters. The van der Waals surface area contributed by atoms with Crippen molar-refractivity contribution in [1.82, 2.24) is 9.97 Å². The summed E-state index contributed by atoms with van der Waals surface area (Å²) in [7, 11) is 0. The van der Waals surface area contributed by atoms with Gasteiger partial charge in [0.15, 0.2) is 22.6 Å². The molecule has 144 valence electrons. The highest BCUT2D eigenvalue weighted by molar-refractivity contribution is 6.10. The van der Waals surface area contributed by atoms with Crippen LogP contribution < -0.4 is 0 Å². The molecule has 4 aromatic rings. The normalized spacial score (nSPS) is 10.9. The van der Waals surface area contributed by atoms with Crippen molar-refractivity contribution in [1.29, 1.82) is 0 Å². The van der Waals surface area contributed by atoms with Crippen LogP contribution in [0, 0.1) is 0 Å². The second kappa shape index (κ2) is 6.56. The van der Waals surface area contributed by atoms with Crippen molar-refractivity contribution in [2.75, 3.05) is 0 Å². The number of nitrogens with zero attached hydrogens (tertiary/aromatic N) is 2. The number of esters is 2. The maximum absolute atomic E-state index is 12.4. The number of carbonyl (C=O) groups is 4. The van der Waals surface area contributed by atoms with Gasteiger partial charge in [-0.3, -0.25) is 0 Å². The van der Waals surface area contributed by atoms with Crippen LogP contribution in [0.3, 0.4) is 0 Å². The fraction of sp³-hybridized carbons (Fsp3) is 0. The number of hydrogen-bond acceptors (Lipinski definition) is 9. The van der Waals surface area contributed by atoms with Gasteiger partial charge < -0.3 is 23.8 Å². The van der Waals surface area contributed by atoms with Gasteiger partial charge in [0.05, 0.1) is 23.7 Å². The number of furan rings is 2. The molecule has 0 bridgehead atoms. The smallest absolute Gasteiger partial charge is 0.365 e. The zero-order valence-electron chi connectivity index (χ0n) is 14.1. The zero-order valence-corrected chi connectivity index (χ0v) is 14.1. The molecule has 0 spiro atoms. The molecule has 0 unspecified atom stereocenters. The van der Waals surface area contributed by atoms with Crippen molar-refractivity contribution in [3.05, 3.63) is 59.3 Å². The predicted molar refractivity (Wildman–Crippen MR) is 91.7 cm³/mol. The Hall–Kier alpha value is -4.54. The average molecular weight is 396 g/mol. The summed E-state index contributed by atoms with van der Waals surface area (Å²) in [6, 6.07) is 4.89. The summed E-state index contributed by atoms with van der Waals surface area (Å²) in [4.78, 5) is 55.4. The van der Waals surface area contributed by atoms with E-state index in [1.54, 1.807) is 0 Å². The van der Waals surface area contributed by atoms with Crippen LogP contribution >= 0.6 is 0 Å². The third kappa shape index (κ3) is 3.06. The summed E-state index contributed by atoms with van der Waals surface area (Å²) in [6.07, 6.45) is 2.49. The van der Waals surface area contributed by atoms with E-state index in [0.717, 1.165) is 12.1 Å². The van der Waals surface area contributed by atoms with E-state index in [2.05, 4.69) is 14.7 Å². The lowest BCUT2D eigenvalue weighted by atomic mass is 10.1. The first-order valence-corrected chi connectivity index (χ1v) is 7.84. The monoisotopic (exact) mass is 396 g/mol. The maximum Gasteiger partial charge on any atom is 0.365 e. The van der Waals surface area contributed by atoms with Crippen molar-refractivity contribution in [2.45, 2.75) is 0 Å². The quantitative estimate of drug-likeness (QED) is 0.383. The fourth-order valence-electron chi connectivity index (χ4n) is 2.61. The summed E-state index contributed by atoms with van der Waals surface area (Å²) < 4.78 is 14.7. The standard InChI is InChI=1S/C18H8N2O9/c21-15(22)7-5-11-9(1-3-27-11)19-13(7)17(25)29-18(26)14-8(16(23)24)6-12-10(20-14)2-4-28-12/h1-6H,(H,21,22)(H,23,24). The van der Waals surface area contributed by atoms with Crippen molar-refractivity contribution < 1.29 is 43.0 Å². The Morgan fingerprint density at radius 3 is 1.55 bits per heavy atom. The van der Waals surface area contributed by atoms with Gasteiger partial charge in [0.25, 0.3) is 0 Å². The first kappa shape index (κ1) is 17.9. The molecule has 0 aliphatic heterocycles. The summed E-state index contributed by atoms with van der Waals surface area (Å²) >= 11 is 0. The molecule has 0 aliphatic rings. The van der Waals surface area contributed by atoms with Crippen molar-refractivity contribution in [3.63, 3.8) is 0 Å². The molecule has 29 heavy (non-hydrogen) atoms. The van der Waals surface area contributed by atoms with Crippen LogP contribution in [0.1, 0.15) is 41.7 Å². The van der Waals surface area contributed by atoms with E-state index in [-0.39, 0.29) is 22.2 Å². The molecule has 0 aromatic carbocycles. The summed E-state index contributed by atoms with van der Waals surface area (Å²) in [5.41, 5.74) is -1.85. The molecule has 0 amide bonds. The molecule has 11 heteroatoms. The number of aromatic nitrogens is 2. The van der Waals surface area contributed by atoms with Crippen molar-refractivity contribution >= 4 is 46.1 Å². The molecular weight excluding hydrogens is 388 g/mol. The van der Waals surface area contributed by atoms with Gasteiger partial charge in [0, 0.05) is 12.1 Å². The molecule has 0 fully saturated rings. The van der Waals surface area contributed by atoms with Gasteiger partial charge >= 0.3 is 23.9 Å². The molecule has 0 radical (unpaired) electrons. The van der Waals surface area contributed by atoms with Crippen LogP contribution in [0.4, 0.5) is 0 Å². The van der Waals surface area contributed by atoms with E-state index in [0.29, 0.717) is 0 Å². The second-order valence-corrected chi connectivity index (χ2v) is 5.66. The summed E-state index contributed by atoms with van der Waals surface area (Å²) in [5, 5.41) is 18.6. The van der Waals surface area contributed by atoms with Crippen LogP contribution in [0.5, 0.6) is 0 Å². The Morgan fingerprint density at radius 2 is 1.17 bits per heavy atom. The third-order valence-corrected chi connectivity index (χ3v) is 3.91. The first-order valence-electron chi connectivity index (χ1n) is 7.84. The number of carboxylic acid groups (broad SMARTS) is 2. The van der Waals surface area contributed by atoms with E-state index in [1.807, 2.05) is 0 Å². The Labute approximate surface area is 159 Å². The minimum Gasteiger partial charge on any atom is -0.478 e. The molecule has 0 aliphatic carbocycles. The number of ether oxygens (including phenoxy) is 1. The van der Waals surface area contributed by atoms with Crippen LogP contribution in [-0.4, -0.2) is 44.1 Å². The summed E-state index contributed by atoms with van der Waals surface area (Å²) in [6.45, 7) is 0. The molecule has 11 nitrogen and oxygen atoms in total. The topological polar surface area (TPSA) is 170 Å². The van der Waals surface area contributed by atoms with Gasteiger partial charge in [-0.1, -0.05) is 0 Å². The van der Waals surface area contributed by atoms with Gasteiger partial charge in [-0.25, -0.2) is 29.1 Å². The number of hydrogen-bond donors (Lipinski definition) is 2. The molecule has 4 rings (SSSR count). The molecule has 0 saturated carbocycles. The number of fused-ring (bicyclic) bond motifs is 2. The zero-order chi connectivity index (χ0) is 20.7. The van der Waals surface area contributed by atoms with Gasteiger partial charge in [-0.05, 0) is 12.1 Å². The lowest BCUT2D eigenvalue weighted by Crippen LogP contribution is -2.20. The van der Waals surface area contributed by atoms with Crippen LogP contribution in [0.2, 0.25) is 0 Å². The Bertz CT molecular complexity index is 1230. The van der Waals surface area contributed by atoms with Crippen LogP contribution in [0.15, 0.2) is 45.6 Å². The SMILES string of the molecule is O=C(O)c1cc2occc2nc1C(=O)OC(=O)c1nc2ccoc2cc1C(=O)O. The maximum atomic E-state index is 12.4. The average Bonchev–Trinajstić information content (AvgIpc) is 3.33. The second-order valence-electron chi connectivity index (χ2n) is 5.66. The molecule has 4 heterocycles. The third-order valence-electron chi connectivity index (χ3n) is 3.91. The lowest BCUT2D eigenvalue weighted by molar-refractivity contribution is 0.0378. The van der Waals surface area contributed by atoms with Gasteiger partial charge in [0.1, 0.15) is 11.0 Å². The van der Waals surface area contributed by atoms with Gasteiger partial charge in [0.2, 0.25) is 0 Å². The Morgan fingerprint density at radius 1 is 0.759 bits per heavy atom. The first-order chi connectivity index (χ1) is 13.8. The molecule has 2 N–H and O–H groups in total. The number of carbonyl (C=O) groups excluding carboxylic acids is 2. The number of pyridine rings is 2. The number of aromatic carboxylic acids is 2. The predicted octanol–water partition coefficient (Wildman–Crippen LogP) is 2.36. The van der Waals surface area contributed by atoms with E-state index in [9.17, 15) is 29.4 Å². The van der Waals surface area contributed by atoms with Crippen LogP contribution in [-0.2, 0) is 4.74 Å². The minimum atomic E-state index is -1.50. The van der Waals surface area contributed by atoms with E-state index < -0.39 is 46.4 Å². The van der Waals surface area contributed by atoms with Crippen LogP contribution in [0.25, 0.3) is 22.2 Å². The lowest BCUT2D eigenvalue weighted by Gasteiger charge is -2.07. The highest BCUT2D eigenvalue weighted by Crippen LogP contribution is 2.21. The Balaban J connectivity index is 1.73. The molecule has 0 saturated heterocycles. The fourth-order valence-corrected chi connectivity index (χ4v) is 2.61.